The fourth-order valence-electron chi connectivity index (χ4n) is 3.21. The van der Waals surface area contributed by atoms with Crippen LogP contribution in [0.15, 0.2) is 42.5 Å². The van der Waals surface area contributed by atoms with E-state index in [1.807, 2.05) is 12.1 Å². The second-order valence-corrected chi connectivity index (χ2v) is 8.79. The minimum absolute atomic E-state index is 0.00592. The summed E-state index contributed by atoms with van der Waals surface area (Å²) >= 11 is 6.26. The monoisotopic (exact) mass is 446 g/mol. The van der Waals surface area contributed by atoms with Gasteiger partial charge in [-0.2, -0.15) is 0 Å². The molecular formula is C21H19FN2O4S2. The smallest absolute Gasteiger partial charge is 0.409 e. The van der Waals surface area contributed by atoms with E-state index in [1.165, 1.54) is 17.4 Å². The molecule has 4 rings (SSSR count). The van der Waals surface area contributed by atoms with Crippen LogP contribution in [-0.4, -0.2) is 40.8 Å². The lowest BCUT2D eigenvalue weighted by molar-refractivity contribution is 0.163. The Kier molecular flexibility index (Phi) is 5.74. The van der Waals surface area contributed by atoms with E-state index in [9.17, 15) is 14.3 Å². The lowest BCUT2D eigenvalue weighted by Crippen LogP contribution is -2.30. The predicted octanol–water partition coefficient (Wildman–Crippen LogP) is 5.03. The number of halogens is 1. The Morgan fingerprint density at radius 3 is 2.63 bits per heavy atom. The van der Waals surface area contributed by atoms with Crippen LogP contribution in [0.1, 0.15) is 16.0 Å². The summed E-state index contributed by atoms with van der Waals surface area (Å²) in [5.41, 5.74) is 1.73. The summed E-state index contributed by atoms with van der Waals surface area (Å²) in [6.07, 6.45) is 0.734. The zero-order valence-corrected chi connectivity index (χ0v) is 17.7. The third kappa shape index (κ3) is 4.47. The minimum Gasteiger partial charge on any atom is -0.494 e. The number of hydrogen-bond donors (Lipinski definition) is 2. The van der Waals surface area contributed by atoms with Gasteiger partial charge in [0, 0.05) is 13.5 Å². The van der Waals surface area contributed by atoms with Gasteiger partial charge in [-0.1, -0.05) is 18.2 Å². The van der Waals surface area contributed by atoms with Gasteiger partial charge in [-0.3, -0.25) is 0 Å². The highest BCUT2D eigenvalue weighted by Gasteiger charge is 2.29. The van der Waals surface area contributed by atoms with Crippen molar-refractivity contribution in [3.8, 4) is 17.4 Å². The number of aromatic hydroxyl groups is 1. The van der Waals surface area contributed by atoms with Crippen LogP contribution in [0.5, 0.6) is 17.4 Å². The Balaban J connectivity index is 1.41. The van der Waals surface area contributed by atoms with Crippen LogP contribution in [0.4, 0.5) is 9.18 Å². The van der Waals surface area contributed by atoms with Crippen molar-refractivity contribution in [1.29, 1.82) is 0 Å². The number of aromatic nitrogens is 1. The molecule has 2 aromatic carbocycles. The second-order valence-electron chi connectivity index (χ2n) is 7.02. The van der Waals surface area contributed by atoms with E-state index in [4.69, 9.17) is 21.7 Å². The Labute approximate surface area is 181 Å². The molecule has 1 aliphatic rings. The molecule has 0 bridgehead atoms. The van der Waals surface area contributed by atoms with E-state index < -0.39 is 5.82 Å². The van der Waals surface area contributed by atoms with Gasteiger partial charge in [0.1, 0.15) is 12.4 Å². The van der Waals surface area contributed by atoms with Crippen LogP contribution in [0.2, 0.25) is 0 Å². The van der Waals surface area contributed by atoms with Crippen LogP contribution < -0.4 is 4.74 Å². The van der Waals surface area contributed by atoms with Gasteiger partial charge in [-0.25, -0.2) is 9.18 Å². The molecule has 156 valence electrons. The summed E-state index contributed by atoms with van der Waals surface area (Å²) in [7, 11) is 1.72. The number of carbonyl (C=O) groups is 1. The molecule has 1 amide bonds. The maximum absolute atomic E-state index is 14.5. The summed E-state index contributed by atoms with van der Waals surface area (Å²) in [5, 5.41) is 9.79. The van der Waals surface area contributed by atoms with Crippen LogP contribution in [0, 0.1) is 9.77 Å². The summed E-state index contributed by atoms with van der Waals surface area (Å²) in [6.45, 7) is 0.375. The molecule has 1 aliphatic heterocycles. The van der Waals surface area contributed by atoms with Crippen LogP contribution in [0.3, 0.4) is 0 Å². The standard InChI is InChI=1S/C21H19FN2O4S2/c1-24-14(11-27-21(24)26)8-12-2-5-15(6-3-12)28-17-7-4-13(9-16(17)22)10-18-19(25)23-20(29)30-18/h2-7,9,14,25H,8,10-11H2,1H3,(H,23,29). The number of aromatic amines is 1. The fraction of sp³-hybridized carbons (Fsp3) is 0.238. The number of H-pyrrole nitrogens is 1. The fourth-order valence-corrected chi connectivity index (χ4v) is 4.37. The number of benzene rings is 2. The Bertz CT molecular complexity index is 1130. The molecule has 2 heterocycles. The number of nitrogens with zero attached hydrogens (tertiary/aromatic N) is 1. The van der Waals surface area contributed by atoms with Crippen molar-refractivity contribution < 1.29 is 23.8 Å². The first-order valence-electron chi connectivity index (χ1n) is 9.25. The number of carbonyl (C=O) groups excluding carboxylic acids is 1. The molecule has 30 heavy (non-hydrogen) atoms. The Hall–Kier alpha value is -2.91. The second kappa shape index (κ2) is 8.45. The Morgan fingerprint density at radius 1 is 1.30 bits per heavy atom. The van der Waals surface area contributed by atoms with Crippen molar-refractivity contribution in [2.45, 2.75) is 18.9 Å². The summed E-state index contributed by atoms with van der Waals surface area (Å²) in [6, 6.07) is 12.0. The van der Waals surface area contributed by atoms with E-state index in [0.29, 0.717) is 39.6 Å². The van der Waals surface area contributed by atoms with Crippen LogP contribution in [0.25, 0.3) is 0 Å². The molecule has 1 unspecified atom stereocenters. The number of cyclic esters (lactones) is 1. The summed E-state index contributed by atoms with van der Waals surface area (Å²) in [4.78, 5) is 16.3. The lowest BCUT2D eigenvalue weighted by atomic mass is 10.1. The van der Waals surface area contributed by atoms with E-state index in [-0.39, 0.29) is 23.8 Å². The first-order chi connectivity index (χ1) is 14.4. The van der Waals surface area contributed by atoms with E-state index in [0.717, 1.165) is 5.56 Å². The van der Waals surface area contributed by atoms with Gasteiger partial charge < -0.3 is 24.5 Å². The Morgan fingerprint density at radius 2 is 2.03 bits per heavy atom. The molecule has 3 aromatic rings. The normalized spacial score (nSPS) is 16.0. The van der Waals surface area contributed by atoms with Crippen molar-refractivity contribution in [1.82, 2.24) is 9.88 Å². The number of ether oxygens (including phenoxy) is 2. The number of nitrogens with one attached hydrogen (secondary N) is 1. The maximum Gasteiger partial charge on any atom is 0.409 e. The van der Waals surface area contributed by atoms with E-state index in [2.05, 4.69) is 4.98 Å². The zero-order valence-electron chi connectivity index (χ0n) is 16.1. The highest BCUT2D eigenvalue weighted by molar-refractivity contribution is 7.73. The molecule has 6 nitrogen and oxygen atoms in total. The molecule has 0 spiro atoms. The quantitative estimate of drug-likeness (QED) is 0.520. The summed E-state index contributed by atoms with van der Waals surface area (Å²) in [5.74, 6) is 0.162. The molecular weight excluding hydrogens is 427 g/mol. The topological polar surface area (TPSA) is 74.8 Å². The van der Waals surface area contributed by atoms with Gasteiger partial charge in [-0.05, 0) is 54.0 Å². The average Bonchev–Trinajstić information content (AvgIpc) is 3.20. The molecule has 1 aromatic heterocycles. The number of amides is 1. The van der Waals surface area contributed by atoms with Crippen molar-refractivity contribution in [3.63, 3.8) is 0 Å². The number of rotatable bonds is 6. The maximum atomic E-state index is 14.5. The van der Waals surface area contributed by atoms with Gasteiger partial charge in [0.25, 0.3) is 0 Å². The lowest BCUT2D eigenvalue weighted by Gasteiger charge is -2.16. The number of hydrogen-bond acceptors (Lipinski definition) is 6. The van der Waals surface area contributed by atoms with Gasteiger partial charge in [0.05, 0.1) is 10.9 Å². The van der Waals surface area contributed by atoms with Crippen molar-refractivity contribution in [2.24, 2.45) is 0 Å². The van der Waals surface area contributed by atoms with Crippen molar-refractivity contribution in [3.05, 3.63) is 68.2 Å². The SMILES string of the molecule is CN1C(=O)OCC1Cc1ccc(Oc2ccc(Cc3sc(=S)[nH]c3O)cc2F)cc1. The molecule has 1 saturated heterocycles. The van der Waals surface area contributed by atoms with Crippen molar-refractivity contribution in [2.75, 3.05) is 13.7 Å². The molecule has 0 aliphatic carbocycles. The molecule has 1 atom stereocenters. The third-order valence-corrected chi connectivity index (χ3v) is 6.14. The minimum atomic E-state index is -0.488. The van der Waals surface area contributed by atoms with Crippen LogP contribution >= 0.6 is 23.6 Å². The van der Waals surface area contributed by atoms with Crippen LogP contribution in [-0.2, 0) is 17.6 Å². The third-order valence-electron chi connectivity index (χ3n) is 4.92. The van der Waals surface area contributed by atoms with E-state index in [1.54, 1.807) is 36.2 Å². The van der Waals surface area contributed by atoms with Gasteiger partial charge in [0.2, 0.25) is 5.88 Å². The number of thiazole rings is 1. The zero-order chi connectivity index (χ0) is 21.3. The summed E-state index contributed by atoms with van der Waals surface area (Å²) < 4.78 is 25.7. The molecule has 0 saturated carbocycles. The highest BCUT2D eigenvalue weighted by Crippen LogP contribution is 2.29. The predicted molar refractivity (Wildman–Crippen MR) is 113 cm³/mol. The number of likely N-dealkylation sites (N-methyl/N-ethyl adjacent to an activating group) is 1. The van der Waals surface area contributed by atoms with Gasteiger partial charge in [0.15, 0.2) is 15.5 Å². The average molecular weight is 447 g/mol. The molecule has 9 heteroatoms. The highest BCUT2D eigenvalue weighted by atomic mass is 32.1. The first-order valence-corrected chi connectivity index (χ1v) is 10.5. The van der Waals surface area contributed by atoms with E-state index >= 15 is 0 Å². The van der Waals surface area contributed by atoms with Gasteiger partial charge >= 0.3 is 6.09 Å². The largest absolute Gasteiger partial charge is 0.494 e. The molecule has 1 fully saturated rings. The van der Waals surface area contributed by atoms with Gasteiger partial charge in [-0.15, -0.1) is 11.3 Å². The molecule has 0 radical (unpaired) electrons. The first kappa shape index (κ1) is 20.4. The van der Waals surface area contributed by atoms with Crippen molar-refractivity contribution >= 4 is 29.6 Å². The molecule has 2 N–H and O–H groups in total.